The zero-order valence-electron chi connectivity index (χ0n) is 18.6. The molecular formula is C23H18F3N7O2S. The number of nitriles is 2. The van der Waals surface area contributed by atoms with E-state index in [9.17, 15) is 23.7 Å². The highest BCUT2D eigenvalue weighted by Gasteiger charge is 2.32. The number of nitrogens with zero attached hydrogens (tertiary/aromatic N) is 7. The van der Waals surface area contributed by atoms with Gasteiger partial charge >= 0.3 is 6.61 Å². The van der Waals surface area contributed by atoms with Crippen molar-refractivity contribution in [2.75, 3.05) is 31.2 Å². The second-order valence-electron chi connectivity index (χ2n) is 7.45. The van der Waals surface area contributed by atoms with Gasteiger partial charge in [0.05, 0.1) is 42.8 Å². The molecule has 13 heteroatoms. The van der Waals surface area contributed by atoms with Gasteiger partial charge in [0.1, 0.15) is 47.1 Å². The Bertz CT molecular complexity index is 1280. The van der Waals surface area contributed by atoms with E-state index in [1.165, 1.54) is 18.0 Å². The molecular weight excluding hydrogens is 495 g/mol. The SMILES string of the molecule is N#Cc1c(SCc2cccnn2)nc(N2CC(F)C2)c(C#N)c1-c1ccc(OCCOC(F)F)cn1. The van der Waals surface area contributed by atoms with E-state index in [1.54, 1.807) is 35.4 Å². The monoisotopic (exact) mass is 513 g/mol. The van der Waals surface area contributed by atoms with Crippen LogP contribution in [0, 0.1) is 22.7 Å². The van der Waals surface area contributed by atoms with E-state index in [1.807, 2.05) is 0 Å². The van der Waals surface area contributed by atoms with E-state index in [2.05, 4.69) is 37.0 Å². The number of anilines is 1. The number of thioether (sulfide) groups is 1. The summed E-state index contributed by atoms with van der Waals surface area (Å²) in [5.41, 5.74) is 1.49. The minimum atomic E-state index is -2.89. The van der Waals surface area contributed by atoms with Gasteiger partial charge in [0.25, 0.3) is 0 Å². The average molecular weight is 514 g/mol. The first-order valence-corrected chi connectivity index (χ1v) is 11.6. The van der Waals surface area contributed by atoms with Crippen LogP contribution in [0.3, 0.4) is 0 Å². The molecule has 0 amide bonds. The normalized spacial score (nSPS) is 13.2. The van der Waals surface area contributed by atoms with Gasteiger partial charge in [-0.05, 0) is 24.3 Å². The third-order valence-corrected chi connectivity index (χ3v) is 6.09. The first-order chi connectivity index (χ1) is 17.5. The zero-order chi connectivity index (χ0) is 25.5. The Kier molecular flexibility index (Phi) is 8.15. The lowest BCUT2D eigenvalue weighted by Crippen LogP contribution is -2.49. The molecule has 1 aliphatic heterocycles. The Labute approximate surface area is 208 Å². The van der Waals surface area contributed by atoms with Crippen molar-refractivity contribution in [3.8, 4) is 29.1 Å². The van der Waals surface area contributed by atoms with Crippen LogP contribution in [0.15, 0.2) is 41.7 Å². The molecule has 1 fully saturated rings. The molecule has 1 aliphatic rings. The molecule has 1 saturated heterocycles. The molecule has 3 aromatic heterocycles. The lowest BCUT2D eigenvalue weighted by atomic mass is 9.99. The maximum absolute atomic E-state index is 13.6. The summed E-state index contributed by atoms with van der Waals surface area (Å²) in [6, 6.07) is 10.9. The van der Waals surface area contributed by atoms with Gasteiger partial charge in [0.2, 0.25) is 0 Å². The van der Waals surface area contributed by atoms with Gasteiger partial charge in [0.15, 0.2) is 0 Å². The van der Waals surface area contributed by atoms with Crippen LogP contribution in [0.4, 0.5) is 19.0 Å². The largest absolute Gasteiger partial charge is 0.490 e. The zero-order valence-corrected chi connectivity index (χ0v) is 19.5. The molecule has 0 aliphatic carbocycles. The van der Waals surface area contributed by atoms with Crippen LogP contribution in [0.2, 0.25) is 0 Å². The van der Waals surface area contributed by atoms with E-state index in [-0.39, 0.29) is 48.8 Å². The van der Waals surface area contributed by atoms with Crippen LogP contribution >= 0.6 is 11.8 Å². The van der Waals surface area contributed by atoms with Gasteiger partial charge < -0.3 is 14.4 Å². The van der Waals surface area contributed by atoms with Crippen molar-refractivity contribution in [2.45, 2.75) is 23.6 Å². The molecule has 3 aromatic rings. The van der Waals surface area contributed by atoms with E-state index in [4.69, 9.17) is 4.74 Å². The van der Waals surface area contributed by atoms with Crippen molar-refractivity contribution in [3.63, 3.8) is 0 Å². The minimum absolute atomic E-state index is 0.0855. The molecule has 184 valence electrons. The number of pyridine rings is 2. The van der Waals surface area contributed by atoms with Gasteiger partial charge in [-0.2, -0.15) is 29.5 Å². The smallest absolute Gasteiger partial charge is 0.345 e. The quantitative estimate of drug-likeness (QED) is 0.293. The molecule has 0 unspecified atom stereocenters. The maximum Gasteiger partial charge on any atom is 0.345 e. The first kappa shape index (κ1) is 25.2. The maximum atomic E-state index is 13.6. The molecule has 4 rings (SSSR count). The van der Waals surface area contributed by atoms with Gasteiger partial charge in [0, 0.05) is 17.5 Å². The van der Waals surface area contributed by atoms with E-state index in [0.717, 1.165) is 0 Å². The Balaban J connectivity index is 1.69. The van der Waals surface area contributed by atoms with Crippen molar-refractivity contribution in [1.29, 1.82) is 10.5 Å². The summed E-state index contributed by atoms with van der Waals surface area (Å²) in [5.74, 6) is 0.934. The second kappa shape index (κ2) is 11.7. The third-order valence-electron chi connectivity index (χ3n) is 5.08. The number of alkyl halides is 3. The molecule has 0 aromatic carbocycles. The number of rotatable bonds is 10. The summed E-state index contributed by atoms with van der Waals surface area (Å²) in [7, 11) is 0. The highest BCUT2D eigenvalue weighted by molar-refractivity contribution is 7.98. The predicted molar refractivity (Wildman–Crippen MR) is 123 cm³/mol. The number of aromatic nitrogens is 4. The van der Waals surface area contributed by atoms with Gasteiger partial charge in [-0.25, -0.2) is 9.37 Å². The molecule has 0 saturated carbocycles. The highest BCUT2D eigenvalue weighted by Crippen LogP contribution is 2.39. The van der Waals surface area contributed by atoms with Crippen LogP contribution in [-0.4, -0.2) is 59.3 Å². The van der Waals surface area contributed by atoms with Crippen molar-refractivity contribution >= 4 is 17.6 Å². The van der Waals surface area contributed by atoms with Gasteiger partial charge in [-0.3, -0.25) is 4.98 Å². The summed E-state index contributed by atoms with van der Waals surface area (Å²) in [4.78, 5) is 10.5. The van der Waals surface area contributed by atoms with Crippen molar-refractivity contribution < 1.29 is 22.6 Å². The molecule has 0 spiro atoms. The van der Waals surface area contributed by atoms with Crippen molar-refractivity contribution in [1.82, 2.24) is 20.2 Å². The Morgan fingerprint density at radius 1 is 1.14 bits per heavy atom. The fraction of sp³-hybridized carbons (Fsp3) is 0.304. The summed E-state index contributed by atoms with van der Waals surface area (Å²) >= 11 is 1.25. The fourth-order valence-electron chi connectivity index (χ4n) is 3.41. The fourth-order valence-corrected chi connectivity index (χ4v) is 4.29. The molecule has 0 radical (unpaired) electrons. The molecule has 0 bridgehead atoms. The predicted octanol–water partition coefficient (Wildman–Crippen LogP) is 3.75. The third kappa shape index (κ3) is 5.82. The second-order valence-corrected chi connectivity index (χ2v) is 8.42. The van der Waals surface area contributed by atoms with Crippen molar-refractivity contribution in [2.24, 2.45) is 0 Å². The van der Waals surface area contributed by atoms with Crippen molar-refractivity contribution in [3.05, 3.63) is 53.5 Å². The summed E-state index contributed by atoms with van der Waals surface area (Å²) in [5, 5.41) is 28.2. The van der Waals surface area contributed by atoms with Crippen LogP contribution in [-0.2, 0) is 10.5 Å². The summed E-state index contributed by atoms with van der Waals surface area (Å²) in [6.45, 7) is -3.13. The number of hydrogen-bond acceptors (Lipinski definition) is 10. The average Bonchev–Trinajstić information content (AvgIpc) is 2.88. The van der Waals surface area contributed by atoms with E-state index < -0.39 is 12.8 Å². The van der Waals surface area contributed by atoms with Crippen LogP contribution < -0.4 is 9.64 Å². The summed E-state index contributed by atoms with van der Waals surface area (Å²) < 4.78 is 47.3. The minimum Gasteiger partial charge on any atom is -0.490 e. The Hall–Kier alpha value is -3.94. The first-order valence-electron chi connectivity index (χ1n) is 10.7. The lowest BCUT2D eigenvalue weighted by molar-refractivity contribution is -0.133. The molecule has 0 N–H and O–H groups in total. The van der Waals surface area contributed by atoms with Crippen LogP contribution in [0.1, 0.15) is 16.8 Å². The van der Waals surface area contributed by atoms with E-state index in [0.29, 0.717) is 27.9 Å². The molecule has 9 nitrogen and oxygen atoms in total. The number of hydrogen-bond donors (Lipinski definition) is 0. The Morgan fingerprint density at radius 3 is 2.56 bits per heavy atom. The van der Waals surface area contributed by atoms with Crippen LogP contribution in [0.5, 0.6) is 5.75 Å². The highest BCUT2D eigenvalue weighted by atomic mass is 32.2. The summed E-state index contributed by atoms with van der Waals surface area (Å²) in [6.07, 6.45) is 1.87. The molecule has 36 heavy (non-hydrogen) atoms. The Morgan fingerprint density at radius 2 is 1.94 bits per heavy atom. The lowest BCUT2D eigenvalue weighted by Gasteiger charge is -2.36. The van der Waals surface area contributed by atoms with Gasteiger partial charge in [-0.15, -0.1) is 0 Å². The number of ether oxygens (including phenoxy) is 2. The van der Waals surface area contributed by atoms with Gasteiger partial charge in [-0.1, -0.05) is 11.8 Å². The van der Waals surface area contributed by atoms with Crippen LogP contribution in [0.25, 0.3) is 11.3 Å². The van der Waals surface area contributed by atoms with E-state index >= 15 is 0 Å². The number of halogens is 3. The topological polar surface area (TPSA) is 121 Å². The molecule has 0 atom stereocenters. The molecule has 4 heterocycles. The standard InChI is InChI=1S/C23H18F3N7O2S/c24-14-11-33(12-14)21-17(8-27)20(19-4-3-16(10-29-19)34-6-7-35-23(25)26)18(9-28)22(31-21)36-13-15-2-1-5-30-32-15/h1-5,10,14,23H,6-7,11-13H2.